The SMILES string of the molecule is CC/C=C\CCCCOC(CCC(=O)OCC(C)COC(=O)OC1C[C@H]2CC[C@@H](C1)N2CC)OCCCC/C=C\CC. The fraction of sp³-hybridized carbons (Fsp3) is 0.824. The van der Waals surface area contributed by atoms with Crippen molar-refractivity contribution < 1.29 is 33.3 Å². The number of rotatable bonds is 23. The maximum atomic E-state index is 12.4. The van der Waals surface area contributed by atoms with Gasteiger partial charge in [-0.2, -0.15) is 0 Å². The van der Waals surface area contributed by atoms with Gasteiger partial charge in [0.05, 0.1) is 13.0 Å². The summed E-state index contributed by atoms with van der Waals surface area (Å²) in [6, 6.07) is 1.03. The molecule has 4 atom stereocenters. The van der Waals surface area contributed by atoms with E-state index in [1.54, 1.807) is 0 Å². The molecule has 0 aliphatic carbocycles. The zero-order valence-corrected chi connectivity index (χ0v) is 26.9. The lowest BCUT2D eigenvalue weighted by atomic mass is 10.00. The van der Waals surface area contributed by atoms with Crippen LogP contribution in [0, 0.1) is 5.92 Å². The largest absolute Gasteiger partial charge is 0.508 e. The van der Waals surface area contributed by atoms with Gasteiger partial charge in [0, 0.05) is 50.5 Å². The predicted molar refractivity (Wildman–Crippen MR) is 166 cm³/mol. The number of nitrogens with zero attached hydrogens (tertiary/aromatic N) is 1. The normalized spacial score (nSPS) is 21.4. The molecule has 2 heterocycles. The lowest BCUT2D eigenvalue weighted by Gasteiger charge is -2.37. The average molecular weight is 594 g/mol. The second-order valence-electron chi connectivity index (χ2n) is 11.7. The smallest absolute Gasteiger partial charge is 0.465 e. The number of hydrogen-bond acceptors (Lipinski definition) is 8. The second-order valence-corrected chi connectivity index (χ2v) is 11.7. The number of unbranched alkanes of at least 4 members (excludes halogenated alkanes) is 4. The summed E-state index contributed by atoms with van der Waals surface area (Å²) in [6.07, 6.45) is 20.8. The minimum atomic E-state index is -0.623. The molecule has 2 rings (SSSR count). The molecule has 0 aromatic carbocycles. The van der Waals surface area contributed by atoms with Crippen molar-refractivity contribution in [1.82, 2.24) is 4.90 Å². The van der Waals surface area contributed by atoms with Gasteiger partial charge < -0.3 is 23.7 Å². The molecule has 0 amide bonds. The molecule has 2 aliphatic rings. The van der Waals surface area contributed by atoms with E-state index >= 15 is 0 Å². The van der Waals surface area contributed by atoms with Crippen LogP contribution in [0.3, 0.4) is 0 Å². The van der Waals surface area contributed by atoms with Crippen LogP contribution in [0.25, 0.3) is 0 Å². The first-order valence-corrected chi connectivity index (χ1v) is 16.7. The highest BCUT2D eigenvalue weighted by molar-refractivity contribution is 5.69. The third-order valence-electron chi connectivity index (χ3n) is 8.01. The van der Waals surface area contributed by atoms with Crippen molar-refractivity contribution in [1.29, 1.82) is 0 Å². The quantitative estimate of drug-likeness (QED) is 0.0515. The van der Waals surface area contributed by atoms with Crippen molar-refractivity contribution in [3.05, 3.63) is 24.3 Å². The van der Waals surface area contributed by atoms with Crippen molar-refractivity contribution in [2.75, 3.05) is 33.0 Å². The van der Waals surface area contributed by atoms with Gasteiger partial charge >= 0.3 is 12.1 Å². The first-order valence-electron chi connectivity index (χ1n) is 16.7. The monoisotopic (exact) mass is 593 g/mol. The number of ether oxygens (including phenoxy) is 5. The maximum absolute atomic E-state index is 12.4. The van der Waals surface area contributed by atoms with Gasteiger partial charge in [-0.25, -0.2) is 4.79 Å². The summed E-state index contributed by atoms with van der Waals surface area (Å²) in [5.74, 6) is -0.416. The predicted octanol–water partition coefficient (Wildman–Crippen LogP) is 7.75. The van der Waals surface area contributed by atoms with E-state index in [-0.39, 0.29) is 37.6 Å². The van der Waals surface area contributed by atoms with Crippen LogP contribution in [0.1, 0.15) is 118 Å². The average Bonchev–Trinajstić information content (AvgIpc) is 3.24. The molecular weight excluding hydrogens is 534 g/mol. The van der Waals surface area contributed by atoms with Gasteiger partial charge in [0.2, 0.25) is 0 Å². The van der Waals surface area contributed by atoms with Crippen LogP contribution >= 0.6 is 0 Å². The molecule has 8 nitrogen and oxygen atoms in total. The van der Waals surface area contributed by atoms with Gasteiger partial charge in [-0.3, -0.25) is 9.69 Å². The fourth-order valence-corrected chi connectivity index (χ4v) is 5.75. The van der Waals surface area contributed by atoms with E-state index in [2.05, 4.69) is 50.0 Å². The molecule has 2 unspecified atom stereocenters. The van der Waals surface area contributed by atoms with Crippen LogP contribution in [0.15, 0.2) is 24.3 Å². The first-order chi connectivity index (χ1) is 20.5. The van der Waals surface area contributed by atoms with Gasteiger partial charge in [-0.1, -0.05) is 52.0 Å². The Balaban J connectivity index is 1.61. The topological polar surface area (TPSA) is 83.5 Å². The molecule has 2 saturated heterocycles. The number of carbonyl (C=O) groups is 2. The second kappa shape index (κ2) is 22.6. The molecule has 8 heteroatoms. The first kappa shape index (κ1) is 36.3. The molecular formula is C34H59NO7. The number of esters is 1. The van der Waals surface area contributed by atoms with Crippen LogP contribution in [0.5, 0.6) is 0 Å². The standard InChI is InChI=1S/C34H59NO7/c1-5-8-10-12-14-16-22-38-33(39-23-17-15-13-11-9-6-2)21-20-32(36)40-26-28(4)27-41-34(37)42-31-24-29-18-19-30(25-31)35(29)7-3/h8-11,28-31,33H,5-7,12-27H2,1-4H3/b10-8-,11-9-/t28?,29-,30+,31?. The zero-order chi connectivity index (χ0) is 30.4. The lowest BCUT2D eigenvalue weighted by molar-refractivity contribution is -0.160. The lowest BCUT2D eigenvalue weighted by Crippen LogP contribution is -2.45. The molecule has 242 valence electrons. The molecule has 2 aliphatic heterocycles. The van der Waals surface area contributed by atoms with E-state index in [1.807, 2.05) is 6.92 Å². The Hall–Kier alpha value is -1.90. The zero-order valence-electron chi connectivity index (χ0n) is 26.9. The van der Waals surface area contributed by atoms with Gasteiger partial charge in [-0.15, -0.1) is 0 Å². The van der Waals surface area contributed by atoms with E-state index in [9.17, 15) is 9.59 Å². The molecule has 0 saturated carbocycles. The minimum Gasteiger partial charge on any atom is -0.465 e. The summed E-state index contributed by atoms with van der Waals surface area (Å²) in [5, 5.41) is 0. The van der Waals surface area contributed by atoms with Crippen LogP contribution in [-0.4, -0.2) is 74.5 Å². The Morgan fingerprint density at radius 3 is 1.93 bits per heavy atom. The van der Waals surface area contributed by atoms with Crippen molar-refractivity contribution in [2.24, 2.45) is 5.92 Å². The number of allylic oxidation sites excluding steroid dienone is 4. The van der Waals surface area contributed by atoms with E-state index < -0.39 is 12.4 Å². The Morgan fingerprint density at radius 1 is 0.810 bits per heavy atom. The Kier molecular flexibility index (Phi) is 19.5. The Labute approximate surface area is 255 Å². The minimum absolute atomic E-state index is 0.0703. The molecule has 0 aromatic rings. The Morgan fingerprint density at radius 2 is 1.38 bits per heavy atom. The van der Waals surface area contributed by atoms with Gasteiger partial charge in [0.1, 0.15) is 12.7 Å². The Bertz CT molecular complexity index is 748. The van der Waals surface area contributed by atoms with Crippen molar-refractivity contribution in [2.45, 2.75) is 142 Å². The number of carbonyl (C=O) groups excluding carboxylic acids is 2. The van der Waals surface area contributed by atoms with Gasteiger partial charge in [0.15, 0.2) is 6.29 Å². The van der Waals surface area contributed by atoms with Crippen LogP contribution in [-0.2, 0) is 28.5 Å². The van der Waals surface area contributed by atoms with Gasteiger partial charge in [-0.05, 0) is 70.8 Å². The van der Waals surface area contributed by atoms with Crippen molar-refractivity contribution >= 4 is 12.1 Å². The summed E-state index contributed by atoms with van der Waals surface area (Å²) >= 11 is 0. The van der Waals surface area contributed by atoms with E-state index in [4.69, 9.17) is 23.7 Å². The summed E-state index contributed by atoms with van der Waals surface area (Å²) < 4.78 is 28.4. The number of fused-ring (bicyclic) bond motifs is 2. The highest BCUT2D eigenvalue weighted by atomic mass is 16.7. The molecule has 42 heavy (non-hydrogen) atoms. The molecule has 0 spiro atoms. The summed E-state index contributed by atoms with van der Waals surface area (Å²) in [5.41, 5.74) is 0. The summed E-state index contributed by atoms with van der Waals surface area (Å²) in [6.45, 7) is 11.0. The highest BCUT2D eigenvalue weighted by Crippen LogP contribution is 2.36. The van der Waals surface area contributed by atoms with Crippen LogP contribution < -0.4 is 0 Å². The van der Waals surface area contributed by atoms with E-state index in [0.29, 0.717) is 31.7 Å². The number of hydrogen-bond donors (Lipinski definition) is 0. The van der Waals surface area contributed by atoms with Crippen LogP contribution in [0.4, 0.5) is 4.79 Å². The third-order valence-corrected chi connectivity index (χ3v) is 8.01. The maximum Gasteiger partial charge on any atom is 0.508 e. The molecule has 2 fully saturated rings. The fourth-order valence-electron chi connectivity index (χ4n) is 5.75. The van der Waals surface area contributed by atoms with Crippen molar-refractivity contribution in [3.63, 3.8) is 0 Å². The van der Waals surface area contributed by atoms with E-state index in [1.165, 1.54) is 12.8 Å². The molecule has 2 bridgehead atoms. The van der Waals surface area contributed by atoms with Crippen LogP contribution in [0.2, 0.25) is 0 Å². The molecule has 0 aromatic heterocycles. The summed E-state index contributed by atoms with van der Waals surface area (Å²) in [7, 11) is 0. The van der Waals surface area contributed by atoms with Gasteiger partial charge in [0.25, 0.3) is 0 Å². The third kappa shape index (κ3) is 15.5. The molecule has 0 radical (unpaired) electrons. The van der Waals surface area contributed by atoms with E-state index in [0.717, 1.165) is 70.8 Å². The highest BCUT2D eigenvalue weighted by Gasteiger charge is 2.41. The van der Waals surface area contributed by atoms with Crippen molar-refractivity contribution in [3.8, 4) is 0 Å². The summed E-state index contributed by atoms with van der Waals surface area (Å²) in [4.78, 5) is 27.2. The molecule has 0 N–H and O–H groups in total. The number of piperidine rings is 1.